The summed E-state index contributed by atoms with van der Waals surface area (Å²) in [5.41, 5.74) is 10.6. The van der Waals surface area contributed by atoms with E-state index in [-0.39, 0.29) is 18.2 Å². The Bertz CT molecular complexity index is 225. The van der Waals surface area contributed by atoms with Crippen LogP contribution in [-0.4, -0.2) is 12.5 Å². The standard InChI is InChI=1S/C18H38N2O.2H3N/c19-17-15-13-11-9-7-5-3-1-2-4-6-8-10-12-14-16-18(20)21;;/h1-17,19H2,(H2,20,21);2*1H3. The third-order valence-electron chi connectivity index (χ3n) is 4.13. The van der Waals surface area contributed by atoms with Crippen LogP contribution in [0.3, 0.4) is 0 Å². The number of unbranched alkanes of at least 4 members (excludes halogenated alkanes) is 14. The van der Waals surface area contributed by atoms with Crippen molar-refractivity contribution in [2.24, 2.45) is 11.5 Å². The molecule has 0 rings (SSSR count). The van der Waals surface area contributed by atoms with Crippen LogP contribution in [0.5, 0.6) is 0 Å². The van der Waals surface area contributed by atoms with Gasteiger partial charge in [-0.3, -0.25) is 4.79 Å². The number of primary amides is 1. The Morgan fingerprint density at radius 3 is 1.04 bits per heavy atom. The Hall–Kier alpha value is -0.650. The highest BCUT2D eigenvalue weighted by atomic mass is 16.1. The van der Waals surface area contributed by atoms with Crippen molar-refractivity contribution in [1.82, 2.24) is 12.3 Å². The summed E-state index contributed by atoms with van der Waals surface area (Å²) in [6, 6.07) is 0. The summed E-state index contributed by atoms with van der Waals surface area (Å²) in [6.07, 6.45) is 20.3. The molecule has 10 N–H and O–H groups in total. The summed E-state index contributed by atoms with van der Waals surface area (Å²) in [5.74, 6) is -0.158. The molecule has 0 spiro atoms. The van der Waals surface area contributed by atoms with Crippen LogP contribution in [0.1, 0.15) is 103 Å². The van der Waals surface area contributed by atoms with Crippen molar-refractivity contribution in [3.05, 3.63) is 0 Å². The minimum Gasteiger partial charge on any atom is -0.370 e. The second kappa shape index (κ2) is 23.6. The zero-order valence-corrected chi connectivity index (χ0v) is 15.5. The van der Waals surface area contributed by atoms with Gasteiger partial charge in [0.15, 0.2) is 0 Å². The van der Waals surface area contributed by atoms with Gasteiger partial charge in [0.2, 0.25) is 5.91 Å². The van der Waals surface area contributed by atoms with Crippen molar-refractivity contribution < 1.29 is 4.79 Å². The molecule has 0 saturated carbocycles. The highest BCUT2D eigenvalue weighted by molar-refractivity contribution is 5.73. The predicted octanol–water partition coefficient (Wildman–Crippen LogP) is 5.00. The third kappa shape index (κ3) is 26.6. The van der Waals surface area contributed by atoms with Crippen LogP contribution in [0.4, 0.5) is 0 Å². The lowest BCUT2D eigenvalue weighted by atomic mass is 10.0. The van der Waals surface area contributed by atoms with Gasteiger partial charge in [0, 0.05) is 6.42 Å². The van der Waals surface area contributed by atoms with Crippen LogP contribution < -0.4 is 23.8 Å². The van der Waals surface area contributed by atoms with Gasteiger partial charge in [0.05, 0.1) is 0 Å². The van der Waals surface area contributed by atoms with E-state index in [1.54, 1.807) is 0 Å². The number of hydrogen-bond acceptors (Lipinski definition) is 4. The lowest BCUT2D eigenvalue weighted by molar-refractivity contribution is -0.118. The molecule has 0 aliphatic carbocycles. The van der Waals surface area contributed by atoms with Gasteiger partial charge in [-0.05, 0) is 19.4 Å². The van der Waals surface area contributed by atoms with Crippen LogP contribution in [0.15, 0.2) is 0 Å². The van der Waals surface area contributed by atoms with Gasteiger partial charge in [-0.1, -0.05) is 83.5 Å². The highest BCUT2D eigenvalue weighted by Gasteiger charge is 1.96. The van der Waals surface area contributed by atoms with E-state index in [9.17, 15) is 4.79 Å². The van der Waals surface area contributed by atoms with Crippen molar-refractivity contribution in [3.8, 4) is 0 Å². The van der Waals surface area contributed by atoms with Crippen LogP contribution >= 0.6 is 0 Å². The number of hydrogen-bond donors (Lipinski definition) is 4. The van der Waals surface area contributed by atoms with Crippen molar-refractivity contribution in [2.45, 2.75) is 103 Å². The van der Waals surface area contributed by atoms with Gasteiger partial charge < -0.3 is 23.8 Å². The van der Waals surface area contributed by atoms with Gasteiger partial charge >= 0.3 is 0 Å². The van der Waals surface area contributed by atoms with Gasteiger partial charge in [-0.2, -0.15) is 0 Å². The van der Waals surface area contributed by atoms with Gasteiger partial charge in [-0.15, -0.1) is 0 Å². The number of carbonyl (C=O) groups is 1. The molecule has 0 aromatic heterocycles. The van der Waals surface area contributed by atoms with Crippen molar-refractivity contribution in [3.63, 3.8) is 0 Å². The first-order chi connectivity index (χ1) is 10.3. The summed E-state index contributed by atoms with van der Waals surface area (Å²) in [7, 11) is 0. The number of nitrogens with two attached hydrogens (primary N) is 2. The molecule has 1 amide bonds. The van der Waals surface area contributed by atoms with Crippen molar-refractivity contribution in [2.75, 3.05) is 6.54 Å². The SMILES string of the molecule is N.N.NCCCCCCCCCCCCCCCCCC(N)=O. The summed E-state index contributed by atoms with van der Waals surface area (Å²) in [4.78, 5) is 10.6. The maximum atomic E-state index is 10.6. The molecule has 0 heterocycles. The first-order valence-corrected chi connectivity index (χ1v) is 9.25. The van der Waals surface area contributed by atoms with E-state index in [1.165, 1.54) is 83.5 Å². The molecule has 142 valence electrons. The Balaban J connectivity index is -0.00000200. The molecule has 0 unspecified atom stereocenters. The largest absolute Gasteiger partial charge is 0.370 e. The van der Waals surface area contributed by atoms with Crippen LogP contribution in [0.2, 0.25) is 0 Å². The lowest BCUT2D eigenvalue weighted by Gasteiger charge is -2.03. The normalized spacial score (nSPS) is 9.96. The van der Waals surface area contributed by atoms with E-state index < -0.39 is 0 Å². The van der Waals surface area contributed by atoms with Crippen molar-refractivity contribution >= 4 is 5.91 Å². The van der Waals surface area contributed by atoms with E-state index in [0.717, 1.165) is 19.4 Å². The Morgan fingerprint density at radius 1 is 0.522 bits per heavy atom. The van der Waals surface area contributed by atoms with Gasteiger partial charge in [-0.25, -0.2) is 0 Å². The molecule has 0 fully saturated rings. The fourth-order valence-electron chi connectivity index (χ4n) is 2.74. The maximum absolute atomic E-state index is 10.6. The second-order valence-corrected chi connectivity index (χ2v) is 6.31. The fraction of sp³-hybridized carbons (Fsp3) is 0.944. The predicted molar refractivity (Wildman–Crippen MR) is 102 cm³/mol. The Kier molecular flexibility index (Phi) is 27.9. The summed E-state index contributed by atoms with van der Waals surface area (Å²) in [5, 5.41) is 0. The van der Waals surface area contributed by atoms with E-state index in [1.807, 2.05) is 0 Å². The lowest BCUT2D eigenvalue weighted by Crippen LogP contribution is -2.09. The molecule has 0 atom stereocenters. The van der Waals surface area contributed by atoms with Crippen LogP contribution in [-0.2, 0) is 4.79 Å². The minimum absolute atomic E-state index is 0. The summed E-state index contributed by atoms with van der Waals surface area (Å²) < 4.78 is 0. The molecule has 0 radical (unpaired) electrons. The van der Waals surface area contributed by atoms with E-state index in [4.69, 9.17) is 11.5 Å². The second-order valence-electron chi connectivity index (χ2n) is 6.31. The molecule has 23 heavy (non-hydrogen) atoms. The Morgan fingerprint density at radius 2 is 0.783 bits per heavy atom. The zero-order valence-electron chi connectivity index (χ0n) is 15.5. The maximum Gasteiger partial charge on any atom is 0.217 e. The zero-order chi connectivity index (χ0) is 15.6. The molecule has 0 aromatic carbocycles. The molecule has 0 aliphatic rings. The topological polar surface area (TPSA) is 139 Å². The molecule has 0 aromatic rings. The van der Waals surface area contributed by atoms with E-state index in [0.29, 0.717) is 6.42 Å². The number of amides is 1. The smallest absolute Gasteiger partial charge is 0.217 e. The van der Waals surface area contributed by atoms with E-state index in [2.05, 4.69) is 0 Å². The third-order valence-corrected chi connectivity index (χ3v) is 4.13. The first kappa shape index (κ1) is 27.2. The fourth-order valence-corrected chi connectivity index (χ4v) is 2.74. The Labute approximate surface area is 144 Å². The summed E-state index contributed by atoms with van der Waals surface area (Å²) in [6.45, 7) is 0.852. The van der Waals surface area contributed by atoms with Gasteiger partial charge in [0.1, 0.15) is 0 Å². The quantitative estimate of drug-likeness (QED) is 0.278. The van der Waals surface area contributed by atoms with Crippen LogP contribution in [0.25, 0.3) is 0 Å². The average molecular weight is 333 g/mol. The highest BCUT2D eigenvalue weighted by Crippen LogP contribution is 2.13. The average Bonchev–Trinajstić information content (AvgIpc) is 2.46. The van der Waals surface area contributed by atoms with Crippen molar-refractivity contribution in [1.29, 1.82) is 0 Å². The monoisotopic (exact) mass is 332 g/mol. The molecule has 5 nitrogen and oxygen atoms in total. The molecular weight excluding hydrogens is 288 g/mol. The van der Waals surface area contributed by atoms with Gasteiger partial charge in [0.25, 0.3) is 0 Å². The summed E-state index contributed by atoms with van der Waals surface area (Å²) >= 11 is 0. The molecule has 0 saturated heterocycles. The molecule has 0 bridgehead atoms. The van der Waals surface area contributed by atoms with Crippen LogP contribution in [0, 0.1) is 0 Å². The van der Waals surface area contributed by atoms with E-state index >= 15 is 0 Å². The molecule has 0 aliphatic heterocycles. The number of carbonyl (C=O) groups excluding carboxylic acids is 1. The molecule has 5 heteroatoms. The minimum atomic E-state index is -0.158. The first-order valence-electron chi connectivity index (χ1n) is 9.25. The molecular formula is C18H44N4O. The number of rotatable bonds is 17.